The number of benzene rings is 2. The number of hydrogen-bond donors (Lipinski definition) is 0. The summed E-state index contributed by atoms with van der Waals surface area (Å²) < 4.78 is 31.0. The summed E-state index contributed by atoms with van der Waals surface area (Å²) >= 11 is 1.58. The minimum Gasteiger partial charge on any atom is -0.497 e. The quantitative estimate of drug-likeness (QED) is 0.659. The Labute approximate surface area is 163 Å². The van der Waals surface area contributed by atoms with Crippen LogP contribution in [0.25, 0.3) is 21.8 Å². The Kier molecular flexibility index (Phi) is 4.44. The second kappa shape index (κ2) is 6.65. The van der Waals surface area contributed by atoms with Crippen LogP contribution in [0, 0.1) is 0 Å². The monoisotopic (exact) mass is 400 g/mol. The average Bonchev–Trinajstić information content (AvgIpc) is 3.24. The van der Waals surface area contributed by atoms with Crippen LogP contribution in [0.15, 0.2) is 47.8 Å². The van der Waals surface area contributed by atoms with Gasteiger partial charge in [0.05, 0.1) is 24.7 Å². The van der Waals surface area contributed by atoms with Gasteiger partial charge in [-0.15, -0.1) is 11.3 Å². The summed E-state index contributed by atoms with van der Waals surface area (Å²) in [6.45, 7) is 1.93. The molecule has 0 N–H and O–H groups in total. The third kappa shape index (κ3) is 3.33. The molecule has 1 aliphatic rings. The second-order valence-corrected chi connectivity index (χ2v) is 9.44. The van der Waals surface area contributed by atoms with Crippen LogP contribution in [0.5, 0.6) is 5.75 Å². The van der Waals surface area contributed by atoms with Crippen LogP contribution in [0.2, 0.25) is 0 Å². The summed E-state index contributed by atoms with van der Waals surface area (Å²) in [5.74, 6) is 0.802. The molecule has 1 unspecified atom stereocenters. The Balaban J connectivity index is 1.68. The van der Waals surface area contributed by atoms with Gasteiger partial charge in [0.2, 0.25) is 10.0 Å². The van der Waals surface area contributed by atoms with Crippen molar-refractivity contribution in [3.05, 3.63) is 53.4 Å². The number of thiazole rings is 1. The predicted octanol–water partition coefficient (Wildman–Crippen LogP) is 4.20. The molecule has 1 aromatic heterocycles. The highest BCUT2D eigenvalue weighted by molar-refractivity contribution is 7.92. The molecular formula is C20H20N2O3S2. The molecule has 27 heavy (non-hydrogen) atoms. The molecule has 0 saturated carbocycles. The van der Waals surface area contributed by atoms with Gasteiger partial charge in [-0.3, -0.25) is 4.31 Å². The first kappa shape index (κ1) is 18.0. The zero-order valence-corrected chi connectivity index (χ0v) is 17.0. The van der Waals surface area contributed by atoms with Crippen LogP contribution < -0.4 is 9.04 Å². The lowest BCUT2D eigenvalue weighted by atomic mass is 10.1. The molecule has 3 aromatic rings. The lowest BCUT2D eigenvalue weighted by molar-refractivity contribution is 0.415. The third-order valence-electron chi connectivity index (χ3n) is 4.71. The first-order valence-corrected chi connectivity index (χ1v) is 11.3. The molecule has 1 aliphatic heterocycles. The molecule has 0 aliphatic carbocycles. The van der Waals surface area contributed by atoms with Gasteiger partial charge >= 0.3 is 0 Å². The van der Waals surface area contributed by atoms with Gasteiger partial charge in [0.15, 0.2) is 0 Å². The minimum atomic E-state index is -3.27. The lowest BCUT2D eigenvalue weighted by Crippen LogP contribution is -2.34. The van der Waals surface area contributed by atoms with Crippen LogP contribution in [0.3, 0.4) is 0 Å². The maximum atomic E-state index is 12.1. The molecule has 1 atom stereocenters. The summed E-state index contributed by atoms with van der Waals surface area (Å²) in [6.07, 6.45) is 1.97. The highest BCUT2D eigenvalue weighted by atomic mass is 32.2. The summed E-state index contributed by atoms with van der Waals surface area (Å²) in [5, 5.41) is 2.96. The number of sulfonamides is 1. The fourth-order valence-electron chi connectivity index (χ4n) is 3.56. The van der Waals surface area contributed by atoms with Crippen molar-refractivity contribution in [1.82, 2.24) is 4.98 Å². The van der Waals surface area contributed by atoms with E-state index in [9.17, 15) is 8.42 Å². The van der Waals surface area contributed by atoms with Gasteiger partial charge in [0.25, 0.3) is 0 Å². The summed E-state index contributed by atoms with van der Waals surface area (Å²) in [7, 11) is -1.62. The van der Waals surface area contributed by atoms with Crippen LogP contribution >= 0.6 is 11.3 Å². The Hall–Kier alpha value is -2.38. The molecule has 140 valence electrons. The van der Waals surface area contributed by atoms with Crippen molar-refractivity contribution in [3.63, 3.8) is 0 Å². The van der Waals surface area contributed by atoms with Crippen molar-refractivity contribution >= 4 is 27.0 Å². The van der Waals surface area contributed by atoms with E-state index in [-0.39, 0.29) is 6.04 Å². The van der Waals surface area contributed by atoms with E-state index in [0.29, 0.717) is 6.42 Å². The van der Waals surface area contributed by atoms with Gasteiger partial charge in [-0.1, -0.05) is 18.2 Å². The Morgan fingerprint density at radius 3 is 2.74 bits per heavy atom. The number of anilines is 1. The van der Waals surface area contributed by atoms with E-state index < -0.39 is 10.0 Å². The minimum absolute atomic E-state index is 0.0620. The zero-order chi connectivity index (χ0) is 19.2. The molecule has 0 radical (unpaired) electrons. The Morgan fingerprint density at radius 2 is 2.00 bits per heavy atom. The molecule has 0 amide bonds. The van der Waals surface area contributed by atoms with Gasteiger partial charge in [-0.25, -0.2) is 13.4 Å². The number of methoxy groups -OCH3 is 1. The number of hydrogen-bond acceptors (Lipinski definition) is 5. The van der Waals surface area contributed by atoms with E-state index >= 15 is 0 Å². The number of ether oxygens (including phenoxy) is 1. The fraction of sp³-hybridized carbons (Fsp3) is 0.250. The van der Waals surface area contributed by atoms with Crippen LogP contribution in [-0.2, 0) is 16.4 Å². The topological polar surface area (TPSA) is 59.5 Å². The predicted molar refractivity (Wildman–Crippen MR) is 110 cm³/mol. The average molecular weight is 401 g/mol. The summed E-state index contributed by atoms with van der Waals surface area (Å²) in [4.78, 5) is 4.77. The normalized spacial score (nSPS) is 16.4. The smallest absolute Gasteiger partial charge is 0.232 e. The third-order valence-corrected chi connectivity index (χ3v) is 6.87. The maximum absolute atomic E-state index is 12.1. The van der Waals surface area contributed by atoms with E-state index in [1.165, 1.54) is 10.6 Å². The van der Waals surface area contributed by atoms with Crippen molar-refractivity contribution in [2.75, 3.05) is 17.7 Å². The van der Waals surface area contributed by atoms with Crippen molar-refractivity contribution in [2.45, 2.75) is 19.4 Å². The van der Waals surface area contributed by atoms with Crippen LogP contribution in [0.1, 0.15) is 12.5 Å². The first-order chi connectivity index (χ1) is 12.9. The highest BCUT2D eigenvalue weighted by Gasteiger charge is 2.32. The summed E-state index contributed by atoms with van der Waals surface area (Å²) in [6, 6.07) is 13.7. The summed E-state index contributed by atoms with van der Waals surface area (Å²) in [5.41, 5.74) is 4.73. The SMILES string of the molecule is COc1cccc(-c2nc(-c3ccc4c(c3)CC(C)N4S(C)(=O)=O)cs2)c1. The van der Waals surface area contributed by atoms with Gasteiger partial charge in [-0.05, 0) is 43.2 Å². The number of fused-ring (bicyclic) bond motifs is 1. The van der Waals surface area contributed by atoms with E-state index in [1.807, 2.05) is 48.7 Å². The number of nitrogens with zero attached hydrogens (tertiary/aromatic N) is 2. The number of aromatic nitrogens is 1. The zero-order valence-electron chi connectivity index (χ0n) is 15.3. The van der Waals surface area contributed by atoms with Crippen LogP contribution in [0.4, 0.5) is 5.69 Å². The lowest BCUT2D eigenvalue weighted by Gasteiger charge is -2.21. The molecule has 4 rings (SSSR count). The highest BCUT2D eigenvalue weighted by Crippen LogP contribution is 2.38. The maximum Gasteiger partial charge on any atom is 0.232 e. The molecule has 0 fully saturated rings. The Morgan fingerprint density at radius 1 is 1.19 bits per heavy atom. The molecule has 0 spiro atoms. The van der Waals surface area contributed by atoms with Crippen molar-refractivity contribution in [2.24, 2.45) is 0 Å². The molecule has 5 nitrogen and oxygen atoms in total. The van der Waals surface area contributed by atoms with Gasteiger partial charge in [-0.2, -0.15) is 0 Å². The number of rotatable bonds is 4. The van der Waals surface area contributed by atoms with Gasteiger partial charge < -0.3 is 4.74 Å². The molecule has 7 heteroatoms. The second-order valence-electron chi connectivity index (χ2n) is 6.73. The first-order valence-electron chi connectivity index (χ1n) is 8.59. The Bertz CT molecular complexity index is 1110. The van der Waals surface area contributed by atoms with Gasteiger partial charge in [0, 0.05) is 22.5 Å². The molecular weight excluding hydrogens is 380 g/mol. The molecule has 0 saturated heterocycles. The van der Waals surface area contributed by atoms with E-state index in [1.54, 1.807) is 18.4 Å². The van der Waals surface area contributed by atoms with E-state index in [2.05, 4.69) is 6.07 Å². The van der Waals surface area contributed by atoms with Gasteiger partial charge in [0.1, 0.15) is 10.8 Å². The van der Waals surface area contributed by atoms with Crippen molar-refractivity contribution in [3.8, 4) is 27.6 Å². The van der Waals surface area contributed by atoms with Crippen molar-refractivity contribution in [1.29, 1.82) is 0 Å². The molecule has 2 aromatic carbocycles. The fourth-order valence-corrected chi connectivity index (χ4v) is 5.65. The largest absolute Gasteiger partial charge is 0.497 e. The standard InChI is InChI=1S/C20H20N2O3S2/c1-13-9-16-10-14(7-8-19(16)22(13)27(3,23)24)18-12-26-20(21-18)15-5-4-6-17(11-15)25-2/h4-8,10-13H,9H2,1-3H3. The van der Waals surface area contributed by atoms with E-state index in [0.717, 1.165) is 38.8 Å². The van der Waals surface area contributed by atoms with Crippen molar-refractivity contribution < 1.29 is 13.2 Å². The van der Waals surface area contributed by atoms with Crippen LogP contribution in [-0.4, -0.2) is 32.8 Å². The molecule has 2 heterocycles. The van der Waals surface area contributed by atoms with E-state index in [4.69, 9.17) is 9.72 Å². The molecule has 0 bridgehead atoms.